The lowest BCUT2D eigenvalue weighted by atomic mass is 9.64. The monoisotopic (exact) mass is 267 g/mol. The highest BCUT2D eigenvalue weighted by molar-refractivity contribution is 5.47. The highest BCUT2D eigenvalue weighted by Crippen LogP contribution is 2.46. The molecule has 2 rings (SSSR count). The van der Waals surface area contributed by atoms with Crippen LogP contribution < -0.4 is 15.2 Å². The Bertz CT molecular complexity index is 450. The number of benzene rings is 1. The average Bonchev–Trinajstić information content (AvgIpc) is 2.31. The second-order valence-electron chi connectivity index (χ2n) is 5.49. The van der Waals surface area contributed by atoms with E-state index in [-0.39, 0.29) is 17.3 Å². The molecule has 0 bridgehead atoms. The Labute approximate surface area is 113 Å². The van der Waals surface area contributed by atoms with Gasteiger partial charge < -0.3 is 15.2 Å². The van der Waals surface area contributed by atoms with Gasteiger partial charge in [-0.25, -0.2) is 4.39 Å². The van der Waals surface area contributed by atoms with Crippen LogP contribution in [0.5, 0.6) is 11.5 Å². The van der Waals surface area contributed by atoms with Gasteiger partial charge in [0.1, 0.15) is 5.82 Å². The van der Waals surface area contributed by atoms with E-state index in [1.165, 1.54) is 13.2 Å². The lowest BCUT2D eigenvalue weighted by Crippen LogP contribution is -2.42. The van der Waals surface area contributed by atoms with Crippen molar-refractivity contribution in [1.29, 1.82) is 0 Å². The number of methoxy groups -OCH3 is 1. The van der Waals surface area contributed by atoms with Crippen LogP contribution >= 0.6 is 0 Å². The van der Waals surface area contributed by atoms with E-state index < -0.39 is 0 Å². The van der Waals surface area contributed by atoms with Gasteiger partial charge >= 0.3 is 0 Å². The first-order valence-electron chi connectivity index (χ1n) is 6.77. The fourth-order valence-electron chi connectivity index (χ4n) is 2.63. The second-order valence-corrected chi connectivity index (χ2v) is 5.49. The summed E-state index contributed by atoms with van der Waals surface area (Å²) >= 11 is 0. The molecule has 0 atom stereocenters. The van der Waals surface area contributed by atoms with Gasteiger partial charge in [0.15, 0.2) is 11.5 Å². The smallest absolute Gasteiger partial charge is 0.163 e. The van der Waals surface area contributed by atoms with Crippen LogP contribution in [0, 0.1) is 5.82 Å². The van der Waals surface area contributed by atoms with Crippen LogP contribution in [0.25, 0.3) is 0 Å². The minimum absolute atomic E-state index is 0.0161. The summed E-state index contributed by atoms with van der Waals surface area (Å²) in [5, 5.41) is 0. The molecule has 0 unspecified atom stereocenters. The fraction of sp³-hybridized carbons (Fsp3) is 0.600. The number of hydrogen-bond donors (Lipinski definition) is 1. The van der Waals surface area contributed by atoms with Crippen LogP contribution in [0.15, 0.2) is 12.1 Å². The standard InChI is InChI=1S/C15H22FNO2/c1-10(2)19-14-7-11(12(16)8-13(14)18-3)15(9-17)5-4-6-15/h7-8,10H,4-6,9,17H2,1-3H3. The molecule has 106 valence electrons. The van der Waals surface area contributed by atoms with E-state index in [2.05, 4.69) is 0 Å². The van der Waals surface area contributed by atoms with Gasteiger partial charge in [0, 0.05) is 18.0 Å². The largest absolute Gasteiger partial charge is 0.493 e. The normalized spacial score (nSPS) is 17.2. The van der Waals surface area contributed by atoms with Crippen molar-refractivity contribution in [2.45, 2.75) is 44.6 Å². The molecule has 1 saturated carbocycles. The minimum Gasteiger partial charge on any atom is -0.493 e. The zero-order valence-electron chi connectivity index (χ0n) is 11.8. The summed E-state index contributed by atoms with van der Waals surface area (Å²) in [6.07, 6.45) is 2.99. The number of ether oxygens (including phenoxy) is 2. The maximum Gasteiger partial charge on any atom is 0.163 e. The Kier molecular flexibility index (Phi) is 3.99. The molecular formula is C15H22FNO2. The van der Waals surface area contributed by atoms with E-state index in [4.69, 9.17) is 15.2 Å². The van der Waals surface area contributed by atoms with E-state index in [9.17, 15) is 4.39 Å². The molecule has 0 heterocycles. The third-order valence-electron chi connectivity index (χ3n) is 3.89. The van der Waals surface area contributed by atoms with E-state index in [0.717, 1.165) is 19.3 Å². The van der Waals surface area contributed by atoms with Crippen molar-refractivity contribution in [2.24, 2.45) is 5.73 Å². The Morgan fingerprint density at radius 2 is 2.00 bits per heavy atom. The van der Waals surface area contributed by atoms with Crippen LogP contribution in [0.2, 0.25) is 0 Å². The minimum atomic E-state index is -0.252. The predicted molar refractivity (Wildman–Crippen MR) is 73.3 cm³/mol. The lowest BCUT2D eigenvalue weighted by Gasteiger charge is -2.41. The van der Waals surface area contributed by atoms with E-state index in [1.807, 2.05) is 13.8 Å². The quantitative estimate of drug-likeness (QED) is 0.892. The third kappa shape index (κ3) is 2.54. The number of rotatable bonds is 5. The Hall–Kier alpha value is -1.29. The average molecular weight is 267 g/mol. The summed E-state index contributed by atoms with van der Waals surface area (Å²) in [6, 6.07) is 3.17. The molecule has 2 N–H and O–H groups in total. The van der Waals surface area contributed by atoms with Crippen LogP contribution in [-0.4, -0.2) is 19.8 Å². The third-order valence-corrected chi connectivity index (χ3v) is 3.89. The van der Waals surface area contributed by atoms with Gasteiger partial charge in [0.2, 0.25) is 0 Å². The van der Waals surface area contributed by atoms with Gasteiger partial charge in [-0.3, -0.25) is 0 Å². The molecule has 19 heavy (non-hydrogen) atoms. The zero-order valence-corrected chi connectivity index (χ0v) is 11.8. The maximum atomic E-state index is 14.3. The molecule has 0 amide bonds. The molecule has 0 aliphatic heterocycles. The van der Waals surface area contributed by atoms with Crippen molar-refractivity contribution in [3.8, 4) is 11.5 Å². The van der Waals surface area contributed by atoms with Crippen molar-refractivity contribution in [1.82, 2.24) is 0 Å². The molecule has 1 aromatic rings. The van der Waals surface area contributed by atoms with Crippen molar-refractivity contribution >= 4 is 0 Å². The Morgan fingerprint density at radius 1 is 1.32 bits per heavy atom. The first kappa shape index (κ1) is 14.1. The molecule has 1 aromatic carbocycles. The molecule has 0 saturated heterocycles. The number of hydrogen-bond acceptors (Lipinski definition) is 3. The molecule has 1 fully saturated rings. The molecule has 0 aromatic heterocycles. The van der Waals surface area contributed by atoms with Crippen LogP contribution in [0.1, 0.15) is 38.7 Å². The van der Waals surface area contributed by atoms with E-state index in [0.29, 0.717) is 23.6 Å². The van der Waals surface area contributed by atoms with E-state index in [1.54, 1.807) is 6.07 Å². The molecule has 0 radical (unpaired) electrons. The summed E-state index contributed by atoms with van der Waals surface area (Å²) < 4.78 is 25.2. The van der Waals surface area contributed by atoms with Crippen molar-refractivity contribution < 1.29 is 13.9 Å². The summed E-state index contributed by atoms with van der Waals surface area (Å²) in [7, 11) is 1.52. The van der Waals surface area contributed by atoms with Crippen molar-refractivity contribution in [3.63, 3.8) is 0 Å². The lowest BCUT2D eigenvalue weighted by molar-refractivity contribution is 0.221. The van der Waals surface area contributed by atoms with Gasteiger partial charge in [-0.05, 0) is 38.3 Å². The molecule has 1 aliphatic rings. The Balaban J connectivity index is 2.44. The van der Waals surface area contributed by atoms with Gasteiger partial charge in [-0.2, -0.15) is 0 Å². The van der Waals surface area contributed by atoms with Gasteiger partial charge in [-0.15, -0.1) is 0 Å². The van der Waals surface area contributed by atoms with Crippen LogP contribution in [0.4, 0.5) is 4.39 Å². The summed E-state index contributed by atoms with van der Waals surface area (Å²) in [6.45, 7) is 4.34. The van der Waals surface area contributed by atoms with Crippen molar-refractivity contribution in [2.75, 3.05) is 13.7 Å². The van der Waals surface area contributed by atoms with Crippen LogP contribution in [-0.2, 0) is 5.41 Å². The fourth-order valence-corrected chi connectivity index (χ4v) is 2.63. The summed E-state index contributed by atoms with van der Waals surface area (Å²) in [5.74, 6) is 0.771. The van der Waals surface area contributed by atoms with Crippen molar-refractivity contribution in [3.05, 3.63) is 23.5 Å². The second kappa shape index (κ2) is 5.37. The summed E-state index contributed by atoms with van der Waals surface area (Å²) in [4.78, 5) is 0. The predicted octanol–water partition coefficient (Wildman–Crippen LogP) is 3.00. The summed E-state index contributed by atoms with van der Waals surface area (Å²) in [5.41, 5.74) is 6.30. The first-order chi connectivity index (χ1) is 9.02. The number of halogens is 1. The highest BCUT2D eigenvalue weighted by Gasteiger charge is 2.40. The molecule has 3 nitrogen and oxygen atoms in total. The van der Waals surface area contributed by atoms with Gasteiger partial charge in [-0.1, -0.05) is 6.42 Å². The Morgan fingerprint density at radius 3 is 2.42 bits per heavy atom. The topological polar surface area (TPSA) is 44.5 Å². The molecule has 1 aliphatic carbocycles. The highest BCUT2D eigenvalue weighted by atomic mass is 19.1. The number of nitrogens with two attached hydrogens (primary N) is 1. The SMILES string of the molecule is COc1cc(F)c(C2(CN)CCC2)cc1OC(C)C. The molecule has 0 spiro atoms. The molecular weight excluding hydrogens is 245 g/mol. The zero-order chi connectivity index (χ0) is 14.0. The first-order valence-corrected chi connectivity index (χ1v) is 6.77. The maximum absolute atomic E-state index is 14.3. The van der Waals surface area contributed by atoms with Gasteiger partial charge in [0.05, 0.1) is 13.2 Å². The molecule has 4 heteroatoms. The van der Waals surface area contributed by atoms with E-state index >= 15 is 0 Å². The van der Waals surface area contributed by atoms with Gasteiger partial charge in [0.25, 0.3) is 0 Å². The van der Waals surface area contributed by atoms with Crippen LogP contribution in [0.3, 0.4) is 0 Å².